The van der Waals surface area contributed by atoms with Gasteiger partial charge in [0.2, 0.25) is 0 Å². The van der Waals surface area contributed by atoms with Gasteiger partial charge in [0, 0.05) is 6.54 Å². The Morgan fingerprint density at radius 1 is 1.36 bits per heavy atom. The van der Waals surface area contributed by atoms with Crippen molar-refractivity contribution in [1.82, 2.24) is 5.32 Å². The predicted octanol–water partition coefficient (Wildman–Crippen LogP) is 3.94. The Morgan fingerprint density at radius 3 is 2.50 bits per heavy atom. The summed E-state index contributed by atoms with van der Waals surface area (Å²) in [6.07, 6.45) is 1.55. The lowest BCUT2D eigenvalue weighted by Crippen LogP contribution is -2.32. The number of carboxylic acids is 1. The number of aromatic carboxylic acids is 1. The van der Waals surface area contributed by atoms with Crippen LogP contribution >= 0.6 is 11.6 Å². The Labute approximate surface area is 134 Å². The molecule has 1 fully saturated rings. The van der Waals surface area contributed by atoms with Gasteiger partial charge in [-0.1, -0.05) is 11.6 Å². The Balaban J connectivity index is 2.15. The van der Waals surface area contributed by atoms with Crippen LogP contribution in [0.5, 0.6) is 0 Å². The summed E-state index contributed by atoms with van der Waals surface area (Å²) >= 11 is 6.02. The molecule has 0 spiro atoms. The topological polar surface area (TPSA) is 75.6 Å². The van der Waals surface area contributed by atoms with E-state index in [1.54, 1.807) is 32.9 Å². The average molecular weight is 326 g/mol. The molecule has 0 unspecified atom stereocenters. The van der Waals surface area contributed by atoms with E-state index in [1.165, 1.54) is 0 Å². The molecule has 0 radical (unpaired) electrons. The van der Waals surface area contributed by atoms with E-state index in [4.69, 9.17) is 21.4 Å². The largest absolute Gasteiger partial charge is 0.478 e. The fraction of sp³-hybridized carbons (Fsp3) is 0.500. The highest BCUT2D eigenvalue weighted by Gasteiger charge is 2.28. The number of carbonyl (C=O) groups excluding carboxylic acids is 1. The number of ether oxygens (including phenoxy) is 1. The maximum atomic E-state index is 11.7. The molecular formula is C16H20ClNO4. The number of carboxylic acid groups (broad SMARTS) is 1. The first-order valence-corrected chi connectivity index (χ1v) is 7.57. The minimum absolute atomic E-state index is 0.101. The summed E-state index contributed by atoms with van der Waals surface area (Å²) in [6.45, 7) is 5.64. The molecule has 22 heavy (non-hydrogen) atoms. The summed E-state index contributed by atoms with van der Waals surface area (Å²) in [7, 11) is 0. The molecule has 0 heterocycles. The van der Waals surface area contributed by atoms with Crippen molar-refractivity contribution >= 4 is 23.7 Å². The number of amides is 1. The maximum absolute atomic E-state index is 11.7. The summed E-state index contributed by atoms with van der Waals surface area (Å²) in [5, 5.41) is 12.0. The van der Waals surface area contributed by atoms with Crippen molar-refractivity contribution in [1.29, 1.82) is 0 Å². The molecule has 1 amide bonds. The van der Waals surface area contributed by atoms with E-state index < -0.39 is 17.7 Å². The van der Waals surface area contributed by atoms with Gasteiger partial charge in [-0.05, 0) is 62.8 Å². The minimum atomic E-state index is -1.04. The van der Waals surface area contributed by atoms with Gasteiger partial charge in [-0.25, -0.2) is 9.59 Å². The average Bonchev–Trinajstić information content (AvgIpc) is 3.18. The van der Waals surface area contributed by atoms with Gasteiger partial charge in [0.15, 0.2) is 0 Å². The minimum Gasteiger partial charge on any atom is -0.478 e. The first-order valence-electron chi connectivity index (χ1n) is 7.20. The second-order valence-corrected chi connectivity index (χ2v) is 6.87. The van der Waals surface area contributed by atoms with Crippen LogP contribution < -0.4 is 5.32 Å². The van der Waals surface area contributed by atoms with Gasteiger partial charge in [0.1, 0.15) is 5.60 Å². The van der Waals surface area contributed by atoms with Crippen LogP contribution in [0.3, 0.4) is 0 Å². The molecule has 2 N–H and O–H groups in total. The third-order valence-electron chi connectivity index (χ3n) is 3.30. The first kappa shape index (κ1) is 16.6. The zero-order chi connectivity index (χ0) is 16.5. The fourth-order valence-electron chi connectivity index (χ4n) is 2.20. The van der Waals surface area contributed by atoms with Crippen LogP contribution in [0.4, 0.5) is 4.79 Å². The molecule has 0 aromatic heterocycles. The molecule has 0 bridgehead atoms. The summed E-state index contributed by atoms with van der Waals surface area (Å²) in [5.74, 6) is -0.690. The van der Waals surface area contributed by atoms with Gasteiger partial charge in [0.25, 0.3) is 0 Å². The van der Waals surface area contributed by atoms with E-state index in [0.717, 1.165) is 24.0 Å². The quantitative estimate of drug-likeness (QED) is 0.879. The van der Waals surface area contributed by atoms with Crippen molar-refractivity contribution in [2.24, 2.45) is 0 Å². The van der Waals surface area contributed by atoms with Crippen molar-refractivity contribution in [2.45, 2.75) is 51.7 Å². The summed E-state index contributed by atoms with van der Waals surface area (Å²) in [5.41, 5.74) is 1.32. The first-order chi connectivity index (χ1) is 10.2. The molecule has 6 heteroatoms. The van der Waals surface area contributed by atoms with Crippen LogP contribution in [-0.2, 0) is 11.3 Å². The number of hydrogen-bond acceptors (Lipinski definition) is 3. The zero-order valence-corrected chi connectivity index (χ0v) is 13.7. The van der Waals surface area contributed by atoms with Crippen LogP contribution in [0, 0.1) is 0 Å². The van der Waals surface area contributed by atoms with Gasteiger partial charge in [-0.15, -0.1) is 0 Å². The number of alkyl carbamates (subject to hydrolysis) is 1. The summed E-state index contributed by atoms with van der Waals surface area (Å²) in [6, 6.07) is 3.24. The third kappa shape index (κ3) is 4.37. The van der Waals surface area contributed by atoms with E-state index >= 15 is 0 Å². The molecule has 120 valence electrons. The van der Waals surface area contributed by atoms with Gasteiger partial charge in [-0.2, -0.15) is 0 Å². The second kappa shape index (κ2) is 6.16. The smallest absolute Gasteiger partial charge is 0.407 e. The Kier molecular flexibility index (Phi) is 4.66. The number of hydrogen-bond donors (Lipinski definition) is 2. The highest BCUT2D eigenvalue weighted by molar-refractivity contribution is 6.33. The van der Waals surface area contributed by atoms with Gasteiger partial charge in [0.05, 0.1) is 10.6 Å². The summed E-state index contributed by atoms with van der Waals surface area (Å²) in [4.78, 5) is 22.9. The van der Waals surface area contributed by atoms with E-state index in [0.29, 0.717) is 5.92 Å². The van der Waals surface area contributed by atoms with E-state index in [9.17, 15) is 9.59 Å². The Morgan fingerprint density at radius 2 is 2.00 bits per heavy atom. The molecular weight excluding hydrogens is 306 g/mol. The van der Waals surface area contributed by atoms with E-state index in [1.807, 2.05) is 0 Å². The molecule has 1 aliphatic rings. The molecule has 1 aromatic carbocycles. The molecule has 1 aromatic rings. The predicted molar refractivity (Wildman–Crippen MR) is 83.5 cm³/mol. The van der Waals surface area contributed by atoms with Crippen LogP contribution in [-0.4, -0.2) is 22.8 Å². The van der Waals surface area contributed by atoms with Crippen molar-refractivity contribution in [2.75, 3.05) is 0 Å². The van der Waals surface area contributed by atoms with Crippen molar-refractivity contribution in [3.63, 3.8) is 0 Å². The molecule has 0 aliphatic heterocycles. The van der Waals surface area contributed by atoms with E-state index in [2.05, 4.69) is 5.32 Å². The normalized spacial score (nSPS) is 14.5. The molecule has 0 saturated heterocycles. The number of benzene rings is 1. The lowest BCUT2D eigenvalue weighted by Gasteiger charge is -2.20. The second-order valence-electron chi connectivity index (χ2n) is 6.47. The third-order valence-corrected chi connectivity index (χ3v) is 3.61. The molecule has 5 nitrogen and oxygen atoms in total. The zero-order valence-electron chi connectivity index (χ0n) is 12.9. The SMILES string of the molecule is CC(C)(C)OC(=O)NCc1cc(Cl)c(C(=O)O)cc1C1CC1. The van der Waals surface area contributed by atoms with Crippen molar-refractivity contribution in [3.05, 3.63) is 33.8 Å². The number of halogens is 1. The van der Waals surface area contributed by atoms with Crippen LogP contribution in [0.2, 0.25) is 5.02 Å². The van der Waals surface area contributed by atoms with Crippen LogP contribution in [0.25, 0.3) is 0 Å². The standard InChI is InChI=1S/C16H20ClNO4/c1-16(2,3)22-15(21)18-8-10-6-13(17)12(14(19)20)7-11(10)9-4-5-9/h6-7,9H,4-5,8H2,1-3H3,(H,18,21)(H,19,20). The maximum Gasteiger partial charge on any atom is 0.407 e. The van der Waals surface area contributed by atoms with Gasteiger partial charge < -0.3 is 15.2 Å². The fourth-order valence-corrected chi connectivity index (χ4v) is 2.47. The number of rotatable bonds is 4. The molecule has 1 aliphatic carbocycles. The van der Waals surface area contributed by atoms with E-state index in [-0.39, 0.29) is 17.1 Å². The van der Waals surface area contributed by atoms with Gasteiger partial charge >= 0.3 is 12.1 Å². The molecule has 1 saturated carbocycles. The number of carbonyl (C=O) groups is 2. The highest BCUT2D eigenvalue weighted by Crippen LogP contribution is 2.43. The number of nitrogens with one attached hydrogen (secondary N) is 1. The molecule has 2 rings (SSSR count). The van der Waals surface area contributed by atoms with Crippen LogP contribution in [0.1, 0.15) is 61.0 Å². The lowest BCUT2D eigenvalue weighted by molar-refractivity contribution is 0.0522. The molecule has 0 atom stereocenters. The van der Waals surface area contributed by atoms with Gasteiger partial charge in [-0.3, -0.25) is 0 Å². The Hall–Kier alpha value is -1.75. The Bertz CT molecular complexity index is 603. The van der Waals surface area contributed by atoms with Crippen LogP contribution in [0.15, 0.2) is 12.1 Å². The van der Waals surface area contributed by atoms with Crippen molar-refractivity contribution in [3.8, 4) is 0 Å². The monoisotopic (exact) mass is 325 g/mol. The highest BCUT2D eigenvalue weighted by atomic mass is 35.5. The summed E-state index contributed by atoms with van der Waals surface area (Å²) < 4.78 is 5.19. The van der Waals surface area contributed by atoms with Crippen molar-refractivity contribution < 1.29 is 19.4 Å². The lowest BCUT2D eigenvalue weighted by atomic mass is 10.00.